The van der Waals surface area contributed by atoms with E-state index in [1.165, 1.54) is 12.5 Å². The molecule has 0 saturated heterocycles. The highest BCUT2D eigenvalue weighted by atomic mass is 16.4. The zero-order valence-electron chi connectivity index (χ0n) is 8.05. The summed E-state index contributed by atoms with van der Waals surface area (Å²) in [5.41, 5.74) is 0.168. The van der Waals surface area contributed by atoms with Crippen molar-refractivity contribution in [2.75, 3.05) is 0 Å². The maximum absolute atomic E-state index is 11.0. The molecule has 0 bridgehead atoms. The van der Waals surface area contributed by atoms with Gasteiger partial charge in [0.25, 0.3) is 0 Å². The van der Waals surface area contributed by atoms with Crippen molar-refractivity contribution in [2.45, 2.75) is 32.6 Å². The smallest absolute Gasteiger partial charge is 0.317 e. The Labute approximate surface area is 79.0 Å². The summed E-state index contributed by atoms with van der Waals surface area (Å²) in [4.78, 5) is 11.0. The van der Waals surface area contributed by atoms with Crippen molar-refractivity contribution < 1.29 is 9.90 Å². The van der Waals surface area contributed by atoms with Crippen LogP contribution in [0.3, 0.4) is 0 Å². The van der Waals surface area contributed by atoms with E-state index in [9.17, 15) is 4.79 Å². The molecule has 0 amide bonds. The summed E-state index contributed by atoms with van der Waals surface area (Å²) in [5, 5.41) is 9.07. The number of carbonyl (C=O) groups is 1. The number of allylic oxidation sites excluding steroid dienone is 1. The van der Waals surface area contributed by atoms with Crippen molar-refractivity contribution in [3.63, 3.8) is 0 Å². The first-order valence-corrected chi connectivity index (χ1v) is 4.68. The number of aliphatic carboxylic acids is 1. The molecule has 1 aliphatic carbocycles. The number of hydrogen-bond acceptors (Lipinski definition) is 1. The van der Waals surface area contributed by atoms with Crippen LogP contribution in [0.15, 0.2) is 24.3 Å². The molecule has 0 fully saturated rings. The van der Waals surface area contributed by atoms with Crippen LogP contribution in [0.25, 0.3) is 0 Å². The molecular formula is C11H16O2. The van der Waals surface area contributed by atoms with Gasteiger partial charge in [-0.1, -0.05) is 17.7 Å². The average Bonchev–Trinajstić information content (AvgIpc) is 2.17. The Balaban J connectivity index is 2.93. The number of hydrogen-bond donors (Lipinski definition) is 1. The molecule has 0 aromatic rings. The average molecular weight is 180 g/mol. The van der Waals surface area contributed by atoms with E-state index in [2.05, 4.69) is 12.7 Å². The van der Waals surface area contributed by atoms with Gasteiger partial charge in [0.2, 0.25) is 0 Å². The fraction of sp³-hybridized carbons (Fsp3) is 0.545. The van der Waals surface area contributed by atoms with E-state index in [4.69, 9.17) is 5.11 Å². The Kier molecular flexibility index (Phi) is 2.91. The maximum atomic E-state index is 11.0. The predicted molar refractivity (Wildman–Crippen MR) is 52.5 cm³/mol. The minimum absolute atomic E-state index is 0.796. The summed E-state index contributed by atoms with van der Waals surface area (Å²) in [7, 11) is 0. The summed E-state index contributed by atoms with van der Waals surface area (Å²) < 4.78 is 0. The van der Waals surface area contributed by atoms with E-state index in [-0.39, 0.29) is 0 Å². The zero-order chi connectivity index (χ0) is 9.90. The van der Waals surface area contributed by atoms with Gasteiger partial charge in [-0.2, -0.15) is 0 Å². The van der Waals surface area contributed by atoms with Gasteiger partial charge < -0.3 is 5.11 Å². The molecule has 1 aliphatic rings. The molecule has 0 saturated carbocycles. The highest BCUT2D eigenvalue weighted by molar-refractivity contribution is 5.80. The monoisotopic (exact) mass is 180 g/mol. The number of carboxylic acids is 1. The van der Waals surface area contributed by atoms with Crippen LogP contribution >= 0.6 is 0 Å². The predicted octanol–water partition coefficient (Wildman–Crippen LogP) is 2.76. The third-order valence-corrected chi connectivity index (χ3v) is 2.81. The molecular weight excluding hydrogens is 164 g/mol. The molecule has 1 N–H and O–H groups in total. The molecule has 2 nitrogen and oxygen atoms in total. The summed E-state index contributed by atoms with van der Waals surface area (Å²) in [6.07, 6.45) is 7.77. The molecule has 0 aromatic heterocycles. The third-order valence-electron chi connectivity index (χ3n) is 2.81. The molecule has 2 heteroatoms. The summed E-state index contributed by atoms with van der Waals surface area (Å²) in [6.45, 7) is 5.33. The largest absolute Gasteiger partial charge is 0.480 e. The first kappa shape index (κ1) is 10.0. The summed E-state index contributed by atoms with van der Waals surface area (Å²) >= 11 is 0. The van der Waals surface area contributed by atoms with Crippen LogP contribution in [0.5, 0.6) is 0 Å². The molecule has 72 valence electrons. The van der Waals surface area contributed by atoms with Crippen molar-refractivity contribution in [3.8, 4) is 0 Å². The Hall–Kier alpha value is -1.05. The van der Waals surface area contributed by atoms with Gasteiger partial charge in [-0.15, -0.1) is 6.58 Å². The van der Waals surface area contributed by atoms with Crippen molar-refractivity contribution in [1.82, 2.24) is 0 Å². The Bertz CT molecular complexity index is 253. The molecule has 0 aliphatic heterocycles. The van der Waals surface area contributed by atoms with Crippen LogP contribution < -0.4 is 0 Å². The second-order valence-corrected chi connectivity index (χ2v) is 3.69. The van der Waals surface area contributed by atoms with Crippen LogP contribution in [0.4, 0.5) is 0 Å². The zero-order valence-corrected chi connectivity index (χ0v) is 8.05. The van der Waals surface area contributed by atoms with Gasteiger partial charge in [-0.05, 0) is 32.6 Å². The van der Waals surface area contributed by atoms with Crippen molar-refractivity contribution in [2.24, 2.45) is 5.41 Å². The van der Waals surface area contributed by atoms with E-state index in [1.54, 1.807) is 6.92 Å². The van der Waals surface area contributed by atoms with Gasteiger partial charge in [0, 0.05) is 0 Å². The molecule has 1 atom stereocenters. The third kappa shape index (κ3) is 1.82. The molecule has 0 unspecified atom stereocenters. The molecule has 0 aromatic carbocycles. The first-order chi connectivity index (χ1) is 6.11. The number of rotatable bonds is 3. The fourth-order valence-electron chi connectivity index (χ4n) is 1.67. The van der Waals surface area contributed by atoms with Crippen LogP contribution in [0.2, 0.25) is 0 Å². The van der Waals surface area contributed by atoms with Crippen LogP contribution in [-0.4, -0.2) is 11.1 Å². The highest BCUT2D eigenvalue weighted by Crippen LogP contribution is 2.35. The van der Waals surface area contributed by atoms with E-state index in [0.717, 1.165) is 24.8 Å². The van der Waals surface area contributed by atoms with Crippen LogP contribution in [0, 0.1) is 5.41 Å². The lowest BCUT2D eigenvalue weighted by atomic mass is 9.77. The van der Waals surface area contributed by atoms with Gasteiger partial charge >= 0.3 is 5.97 Å². The van der Waals surface area contributed by atoms with E-state index in [1.807, 2.05) is 0 Å². The van der Waals surface area contributed by atoms with Gasteiger partial charge in [0.1, 0.15) is 5.41 Å². The van der Waals surface area contributed by atoms with Crippen LogP contribution in [-0.2, 0) is 4.79 Å². The highest BCUT2D eigenvalue weighted by Gasteiger charge is 2.33. The standard InChI is InChI=1S/C11H16O2/c1-3-11(2,10(12)13)9-7-5-4-6-8-9/h3,7H,1,4-6,8H2,2H3,(H,12,13)/t11-/m0/s1. The fourth-order valence-corrected chi connectivity index (χ4v) is 1.67. The molecule has 0 radical (unpaired) electrons. The van der Waals surface area contributed by atoms with E-state index >= 15 is 0 Å². The van der Waals surface area contributed by atoms with Gasteiger partial charge in [-0.25, -0.2) is 0 Å². The van der Waals surface area contributed by atoms with Gasteiger partial charge in [-0.3, -0.25) is 4.79 Å². The minimum Gasteiger partial charge on any atom is -0.480 e. The minimum atomic E-state index is -0.847. The van der Waals surface area contributed by atoms with E-state index in [0.29, 0.717) is 0 Å². The molecule has 1 rings (SSSR count). The quantitative estimate of drug-likeness (QED) is 0.678. The topological polar surface area (TPSA) is 37.3 Å². The van der Waals surface area contributed by atoms with Crippen molar-refractivity contribution in [3.05, 3.63) is 24.3 Å². The Morgan fingerprint density at radius 2 is 2.38 bits per heavy atom. The molecule has 0 heterocycles. The normalized spacial score (nSPS) is 21.5. The molecule has 0 spiro atoms. The summed E-state index contributed by atoms with van der Waals surface area (Å²) in [5.74, 6) is -0.796. The number of carboxylic acid groups (broad SMARTS) is 1. The maximum Gasteiger partial charge on any atom is 0.317 e. The second-order valence-electron chi connectivity index (χ2n) is 3.69. The summed E-state index contributed by atoms with van der Waals surface area (Å²) in [6, 6.07) is 0. The van der Waals surface area contributed by atoms with Crippen molar-refractivity contribution in [1.29, 1.82) is 0 Å². The second kappa shape index (κ2) is 3.77. The van der Waals surface area contributed by atoms with Gasteiger partial charge in [0.05, 0.1) is 0 Å². The first-order valence-electron chi connectivity index (χ1n) is 4.68. The van der Waals surface area contributed by atoms with Crippen LogP contribution in [0.1, 0.15) is 32.6 Å². The lowest BCUT2D eigenvalue weighted by Gasteiger charge is -2.26. The van der Waals surface area contributed by atoms with Crippen molar-refractivity contribution >= 4 is 5.97 Å². The van der Waals surface area contributed by atoms with Gasteiger partial charge in [0.15, 0.2) is 0 Å². The lowest BCUT2D eigenvalue weighted by molar-refractivity contribution is -0.143. The SMILES string of the molecule is C=C[C@](C)(C(=O)O)C1=CCCCC1. The molecule has 13 heavy (non-hydrogen) atoms. The Morgan fingerprint density at radius 3 is 2.77 bits per heavy atom. The lowest BCUT2D eigenvalue weighted by Crippen LogP contribution is -2.28. The Morgan fingerprint density at radius 1 is 1.69 bits per heavy atom. The van der Waals surface area contributed by atoms with E-state index < -0.39 is 11.4 Å².